The van der Waals surface area contributed by atoms with E-state index >= 15 is 0 Å². The summed E-state index contributed by atoms with van der Waals surface area (Å²) in [5.41, 5.74) is 16.7. The largest absolute Gasteiger partial charge is 0.456 e. The van der Waals surface area contributed by atoms with Crippen molar-refractivity contribution in [3.8, 4) is 33.4 Å². The highest BCUT2D eigenvalue weighted by Gasteiger charge is 2.35. The number of hydrogen-bond donors (Lipinski definition) is 0. The summed E-state index contributed by atoms with van der Waals surface area (Å²) in [5.74, 6) is 0. The van der Waals surface area contributed by atoms with Crippen molar-refractivity contribution in [3.05, 3.63) is 199 Å². The molecule has 0 spiro atoms. The molecule has 0 saturated carbocycles. The van der Waals surface area contributed by atoms with Gasteiger partial charge in [-0.1, -0.05) is 141 Å². The number of furan rings is 2. The summed E-state index contributed by atoms with van der Waals surface area (Å²) in [6, 6.07) is 67.6. The van der Waals surface area contributed by atoms with Gasteiger partial charge in [-0.15, -0.1) is 0 Å². The van der Waals surface area contributed by atoms with Gasteiger partial charge in [0.25, 0.3) is 0 Å². The number of nitrogens with zero attached hydrogens (tertiary/aromatic N) is 1. The third-order valence-electron chi connectivity index (χ3n) is 12.5. The molecule has 0 bridgehead atoms. The van der Waals surface area contributed by atoms with Crippen molar-refractivity contribution in [2.24, 2.45) is 0 Å². The quantitative estimate of drug-likeness (QED) is 0.176. The molecule has 274 valence electrons. The van der Waals surface area contributed by atoms with Crippen LogP contribution in [0.3, 0.4) is 0 Å². The topological polar surface area (TPSA) is 29.5 Å². The van der Waals surface area contributed by atoms with E-state index in [0.717, 1.165) is 77.6 Å². The maximum Gasteiger partial charge on any atom is 0.143 e. The zero-order valence-corrected chi connectivity index (χ0v) is 32.2. The lowest BCUT2D eigenvalue weighted by Crippen LogP contribution is -2.16. The Morgan fingerprint density at radius 1 is 0.379 bits per heavy atom. The van der Waals surface area contributed by atoms with E-state index < -0.39 is 0 Å². The van der Waals surface area contributed by atoms with Crippen LogP contribution in [0.5, 0.6) is 0 Å². The lowest BCUT2D eigenvalue weighted by Gasteiger charge is -2.28. The third-order valence-corrected chi connectivity index (χ3v) is 12.5. The Morgan fingerprint density at radius 3 is 1.97 bits per heavy atom. The van der Waals surface area contributed by atoms with Gasteiger partial charge in [0, 0.05) is 55.0 Å². The van der Waals surface area contributed by atoms with Crippen LogP contribution >= 0.6 is 0 Å². The first-order valence-electron chi connectivity index (χ1n) is 20.0. The minimum atomic E-state index is -0.0880. The van der Waals surface area contributed by atoms with E-state index in [9.17, 15) is 0 Å². The van der Waals surface area contributed by atoms with Gasteiger partial charge in [0.2, 0.25) is 0 Å². The summed E-state index contributed by atoms with van der Waals surface area (Å²) in [4.78, 5) is 2.37. The fraction of sp³-hybridized carbons (Fsp3) is 0.0545. The second-order valence-corrected chi connectivity index (χ2v) is 16.1. The van der Waals surface area contributed by atoms with E-state index in [1.807, 2.05) is 12.1 Å². The van der Waals surface area contributed by atoms with Crippen LogP contribution in [0.1, 0.15) is 25.0 Å². The summed E-state index contributed by atoms with van der Waals surface area (Å²) in [7, 11) is 0. The van der Waals surface area contributed by atoms with Crippen molar-refractivity contribution in [1.82, 2.24) is 0 Å². The van der Waals surface area contributed by atoms with Crippen molar-refractivity contribution in [3.63, 3.8) is 0 Å². The molecule has 0 N–H and O–H groups in total. The minimum Gasteiger partial charge on any atom is -0.456 e. The molecule has 1 aliphatic carbocycles. The van der Waals surface area contributed by atoms with Crippen LogP contribution in [0.15, 0.2) is 197 Å². The van der Waals surface area contributed by atoms with Crippen molar-refractivity contribution in [2.75, 3.05) is 4.90 Å². The molecule has 2 aromatic heterocycles. The van der Waals surface area contributed by atoms with Crippen LogP contribution in [0.2, 0.25) is 0 Å². The third kappa shape index (κ3) is 4.80. The van der Waals surface area contributed by atoms with E-state index in [-0.39, 0.29) is 5.41 Å². The predicted octanol–water partition coefficient (Wildman–Crippen LogP) is 15.7. The van der Waals surface area contributed by atoms with Crippen LogP contribution < -0.4 is 4.90 Å². The molecule has 3 nitrogen and oxygen atoms in total. The monoisotopic (exact) mass is 743 g/mol. The fourth-order valence-electron chi connectivity index (χ4n) is 9.67. The molecule has 0 aliphatic heterocycles. The Bertz CT molecular complexity index is 3420. The minimum absolute atomic E-state index is 0.0880. The smallest absolute Gasteiger partial charge is 0.143 e. The van der Waals surface area contributed by atoms with Crippen LogP contribution in [-0.2, 0) is 5.41 Å². The van der Waals surface area contributed by atoms with Gasteiger partial charge in [0.15, 0.2) is 0 Å². The second kappa shape index (κ2) is 12.3. The molecule has 3 heteroatoms. The summed E-state index contributed by atoms with van der Waals surface area (Å²) in [6.07, 6.45) is 0. The molecule has 0 atom stereocenters. The van der Waals surface area contributed by atoms with Gasteiger partial charge < -0.3 is 13.7 Å². The van der Waals surface area contributed by atoms with Crippen LogP contribution in [-0.4, -0.2) is 0 Å². The Labute approximate surface area is 336 Å². The molecule has 0 fully saturated rings. The number of para-hydroxylation sites is 3. The molecule has 11 aromatic rings. The van der Waals surface area contributed by atoms with Crippen molar-refractivity contribution in [2.45, 2.75) is 19.3 Å². The van der Waals surface area contributed by atoms with Crippen LogP contribution in [0.4, 0.5) is 17.1 Å². The zero-order chi connectivity index (χ0) is 38.5. The van der Waals surface area contributed by atoms with E-state index in [2.05, 4.69) is 195 Å². The highest BCUT2D eigenvalue weighted by atomic mass is 16.3. The molecule has 0 unspecified atom stereocenters. The molecule has 0 amide bonds. The predicted molar refractivity (Wildman–Crippen MR) is 242 cm³/mol. The van der Waals surface area contributed by atoms with E-state index in [4.69, 9.17) is 8.83 Å². The van der Waals surface area contributed by atoms with Gasteiger partial charge in [-0.05, 0) is 105 Å². The molecular formula is C55H37NO2. The number of anilines is 3. The Hall–Kier alpha value is -7.36. The summed E-state index contributed by atoms with van der Waals surface area (Å²) >= 11 is 0. The van der Waals surface area contributed by atoms with E-state index in [1.165, 1.54) is 38.6 Å². The molecule has 0 saturated heterocycles. The average Bonchev–Trinajstić information content (AvgIpc) is 3.92. The van der Waals surface area contributed by atoms with Gasteiger partial charge in [0.1, 0.15) is 22.3 Å². The van der Waals surface area contributed by atoms with Crippen LogP contribution in [0.25, 0.3) is 88.0 Å². The number of fused-ring (bicyclic) bond motifs is 11. The zero-order valence-electron chi connectivity index (χ0n) is 32.2. The number of hydrogen-bond acceptors (Lipinski definition) is 3. The van der Waals surface area contributed by atoms with Gasteiger partial charge in [0.05, 0.1) is 0 Å². The van der Waals surface area contributed by atoms with Crippen LogP contribution in [0, 0.1) is 0 Å². The summed E-state index contributed by atoms with van der Waals surface area (Å²) in [6.45, 7) is 4.68. The number of rotatable bonds is 5. The van der Waals surface area contributed by atoms with Gasteiger partial charge in [-0.3, -0.25) is 0 Å². The van der Waals surface area contributed by atoms with E-state index in [1.54, 1.807) is 0 Å². The lowest BCUT2D eigenvalue weighted by molar-refractivity contribution is 0.660. The molecule has 2 heterocycles. The summed E-state index contributed by atoms with van der Waals surface area (Å²) < 4.78 is 13.1. The average molecular weight is 744 g/mol. The molecule has 1 aliphatic rings. The van der Waals surface area contributed by atoms with E-state index in [0.29, 0.717) is 0 Å². The fourth-order valence-corrected chi connectivity index (χ4v) is 9.67. The SMILES string of the molecule is CC1(C)c2ccccc2-c2ccc(N(c3ccccc3)c3ccc(-c4cccc5ccc6oc7cc(-c8cccc9c8oc8ccccc89)ccc7c6c45)cc3)cc21. The Morgan fingerprint density at radius 2 is 1.07 bits per heavy atom. The first-order chi connectivity index (χ1) is 28.5. The Kier molecular flexibility index (Phi) is 6.98. The van der Waals surface area contributed by atoms with Crippen molar-refractivity contribution >= 4 is 71.7 Å². The highest BCUT2D eigenvalue weighted by molar-refractivity contribution is 6.23. The number of benzene rings is 9. The summed E-state index contributed by atoms with van der Waals surface area (Å²) in [5, 5.41) is 6.85. The highest BCUT2D eigenvalue weighted by Crippen LogP contribution is 2.51. The molecule has 0 radical (unpaired) electrons. The maximum absolute atomic E-state index is 6.66. The lowest BCUT2D eigenvalue weighted by atomic mass is 9.82. The van der Waals surface area contributed by atoms with Crippen molar-refractivity contribution in [1.29, 1.82) is 0 Å². The van der Waals surface area contributed by atoms with Gasteiger partial charge >= 0.3 is 0 Å². The van der Waals surface area contributed by atoms with Gasteiger partial charge in [-0.25, -0.2) is 0 Å². The molecular weight excluding hydrogens is 707 g/mol. The second-order valence-electron chi connectivity index (χ2n) is 16.1. The standard InChI is InChI=1S/C55H37NO2/c1-55(2)47-20-8-6-15-42(47)43-30-28-39(33-48(43)55)56(37-13-4-3-5-14-37)38-26-22-34(23-27-38)40-17-10-12-35-25-31-50-53(52(35)40)46-29-24-36(32-51(46)57-50)41-18-11-19-45-44-16-7-9-21-49(44)58-54(41)45/h3-33H,1-2H3. The maximum atomic E-state index is 6.66. The Balaban J connectivity index is 0.967. The normalized spacial score (nSPS) is 13.1. The van der Waals surface area contributed by atoms with Gasteiger partial charge in [-0.2, -0.15) is 0 Å². The molecule has 9 aromatic carbocycles. The first kappa shape index (κ1) is 32.8. The molecule has 58 heavy (non-hydrogen) atoms. The van der Waals surface area contributed by atoms with Crippen molar-refractivity contribution < 1.29 is 8.83 Å². The first-order valence-corrected chi connectivity index (χ1v) is 20.0. The molecule has 12 rings (SSSR count).